The molecule has 9 heavy (non-hydrogen) atoms. The second kappa shape index (κ2) is 4.60. The molecule has 0 aliphatic carbocycles. The van der Waals surface area contributed by atoms with Gasteiger partial charge in [-0.05, 0) is 25.7 Å². The Morgan fingerprint density at radius 2 is 2.00 bits per heavy atom. The minimum Gasteiger partial charge on any atom is -0.0859 e. The highest BCUT2D eigenvalue weighted by molar-refractivity contribution is 4.97. The summed E-state index contributed by atoms with van der Waals surface area (Å²) in [7, 11) is 0. The zero-order chi connectivity index (χ0) is 7.28. The SMILES string of the molecule is CC/C=C(/C)CC(C)C. The second-order valence-corrected chi connectivity index (χ2v) is 3.06. The molecule has 0 saturated heterocycles. The van der Waals surface area contributed by atoms with Crippen LogP contribution < -0.4 is 0 Å². The topological polar surface area (TPSA) is 0 Å². The number of hydrogen-bond acceptors (Lipinski definition) is 0. The monoisotopic (exact) mass is 126 g/mol. The van der Waals surface area contributed by atoms with Crippen molar-refractivity contribution < 1.29 is 0 Å². The summed E-state index contributed by atoms with van der Waals surface area (Å²) >= 11 is 0. The van der Waals surface area contributed by atoms with E-state index in [0.29, 0.717) is 0 Å². The maximum atomic E-state index is 2.31. The number of hydrogen-bond donors (Lipinski definition) is 0. The van der Waals surface area contributed by atoms with Gasteiger partial charge in [-0.1, -0.05) is 32.4 Å². The van der Waals surface area contributed by atoms with Gasteiger partial charge < -0.3 is 0 Å². The van der Waals surface area contributed by atoms with Crippen molar-refractivity contribution in [1.29, 1.82) is 0 Å². The van der Waals surface area contributed by atoms with Crippen LogP contribution in [-0.4, -0.2) is 0 Å². The van der Waals surface area contributed by atoms with Crippen molar-refractivity contribution in [3.8, 4) is 0 Å². The van der Waals surface area contributed by atoms with E-state index in [2.05, 4.69) is 33.8 Å². The normalized spacial score (nSPS) is 12.8. The molecule has 0 heteroatoms. The molecule has 0 aromatic heterocycles. The first kappa shape index (κ1) is 8.74. The molecule has 0 aromatic carbocycles. The molecule has 0 aliphatic rings. The molecular weight excluding hydrogens is 108 g/mol. The molecule has 54 valence electrons. The van der Waals surface area contributed by atoms with E-state index in [4.69, 9.17) is 0 Å². The van der Waals surface area contributed by atoms with Crippen molar-refractivity contribution >= 4 is 0 Å². The minimum absolute atomic E-state index is 0.813. The zero-order valence-electron chi connectivity index (χ0n) is 7.07. The highest BCUT2D eigenvalue weighted by Gasteiger charge is 1.92. The summed E-state index contributed by atoms with van der Waals surface area (Å²) in [4.78, 5) is 0. The van der Waals surface area contributed by atoms with Crippen LogP contribution in [-0.2, 0) is 0 Å². The Morgan fingerprint density at radius 1 is 1.44 bits per heavy atom. The molecule has 0 unspecified atom stereocenters. The molecule has 0 radical (unpaired) electrons. The quantitative estimate of drug-likeness (QED) is 0.508. The van der Waals surface area contributed by atoms with Crippen molar-refractivity contribution in [2.75, 3.05) is 0 Å². The summed E-state index contributed by atoms with van der Waals surface area (Å²) in [5, 5.41) is 0. The summed E-state index contributed by atoms with van der Waals surface area (Å²) in [5.41, 5.74) is 1.53. The lowest BCUT2D eigenvalue weighted by atomic mass is 10.0. The summed E-state index contributed by atoms with van der Waals surface area (Å²) in [6.45, 7) is 8.91. The molecule has 0 bridgehead atoms. The van der Waals surface area contributed by atoms with E-state index in [1.54, 1.807) is 0 Å². The summed E-state index contributed by atoms with van der Waals surface area (Å²) in [6.07, 6.45) is 4.74. The Morgan fingerprint density at radius 3 is 2.33 bits per heavy atom. The van der Waals surface area contributed by atoms with Gasteiger partial charge >= 0.3 is 0 Å². The maximum Gasteiger partial charge on any atom is -0.0300 e. The smallest absolute Gasteiger partial charge is 0.0300 e. The minimum atomic E-state index is 0.813. The molecule has 0 aliphatic heterocycles. The Kier molecular flexibility index (Phi) is 4.47. The van der Waals surface area contributed by atoms with Crippen LogP contribution in [0, 0.1) is 5.92 Å². The lowest BCUT2D eigenvalue weighted by Crippen LogP contribution is -1.87. The van der Waals surface area contributed by atoms with E-state index in [1.807, 2.05) is 0 Å². The second-order valence-electron chi connectivity index (χ2n) is 3.06. The van der Waals surface area contributed by atoms with Crippen LogP contribution in [0.5, 0.6) is 0 Å². The summed E-state index contributed by atoms with van der Waals surface area (Å²) < 4.78 is 0. The molecule has 0 spiro atoms. The Labute approximate surface area is 59.0 Å². The number of allylic oxidation sites excluding steroid dienone is 2. The van der Waals surface area contributed by atoms with E-state index in [0.717, 1.165) is 5.92 Å². The number of rotatable bonds is 3. The molecule has 0 rings (SSSR count). The van der Waals surface area contributed by atoms with Gasteiger partial charge in [0.1, 0.15) is 0 Å². The van der Waals surface area contributed by atoms with Gasteiger partial charge in [0.25, 0.3) is 0 Å². The lowest BCUT2D eigenvalue weighted by molar-refractivity contribution is 0.640. The fourth-order valence-corrected chi connectivity index (χ4v) is 1.08. The highest BCUT2D eigenvalue weighted by atomic mass is 14.0. The third-order valence-corrected chi connectivity index (χ3v) is 1.28. The first-order valence-electron chi connectivity index (χ1n) is 3.82. The van der Waals surface area contributed by atoms with Crippen molar-refractivity contribution in [3.63, 3.8) is 0 Å². The molecule has 0 fully saturated rings. The largest absolute Gasteiger partial charge is 0.0859 e. The maximum absolute atomic E-state index is 2.31. The standard InChI is InChI=1S/C9H18/c1-5-6-9(4)7-8(2)3/h6,8H,5,7H2,1-4H3/b9-6-. The molecule has 0 amide bonds. The first-order chi connectivity index (χ1) is 4.16. The Bertz CT molecular complexity index is 88.2. The van der Waals surface area contributed by atoms with Gasteiger partial charge in [0.15, 0.2) is 0 Å². The van der Waals surface area contributed by atoms with E-state index < -0.39 is 0 Å². The van der Waals surface area contributed by atoms with Crippen LogP contribution in [0.4, 0.5) is 0 Å². The molecule has 0 N–H and O–H groups in total. The predicted molar refractivity (Wildman–Crippen MR) is 43.5 cm³/mol. The van der Waals surface area contributed by atoms with Crippen LogP contribution in [0.25, 0.3) is 0 Å². The van der Waals surface area contributed by atoms with Crippen LogP contribution in [0.15, 0.2) is 11.6 Å². The molecule has 0 atom stereocenters. The molecule has 0 aromatic rings. The molecule has 0 saturated carbocycles. The van der Waals surface area contributed by atoms with Crippen molar-refractivity contribution in [1.82, 2.24) is 0 Å². The van der Waals surface area contributed by atoms with Gasteiger partial charge in [-0.2, -0.15) is 0 Å². The third kappa shape index (κ3) is 5.61. The lowest BCUT2D eigenvalue weighted by Gasteiger charge is -2.02. The summed E-state index contributed by atoms with van der Waals surface area (Å²) in [6, 6.07) is 0. The van der Waals surface area contributed by atoms with Gasteiger partial charge in [-0.25, -0.2) is 0 Å². The van der Waals surface area contributed by atoms with Crippen LogP contribution in [0.1, 0.15) is 40.5 Å². The van der Waals surface area contributed by atoms with Gasteiger partial charge in [0.05, 0.1) is 0 Å². The molecule has 0 heterocycles. The van der Waals surface area contributed by atoms with Gasteiger partial charge in [0.2, 0.25) is 0 Å². The fraction of sp³-hybridized carbons (Fsp3) is 0.778. The van der Waals surface area contributed by atoms with E-state index in [9.17, 15) is 0 Å². The Hall–Kier alpha value is -0.260. The Balaban J connectivity index is 3.49. The van der Waals surface area contributed by atoms with Crippen molar-refractivity contribution in [2.45, 2.75) is 40.5 Å². The third-order valence-electron chi connectivity index (χ3n) is 1.28. The average molecular weight is 126 g/mol. The first-order valence-corrected chi connectivity index (χ1v) is 3.82. The van der Waals surface area contributed by atoms with Gasteiger partial charge in [0, 0.05) is 0 Å². The summed E-state index contributed by atoms with van der Waals surface area (Å²) in [5.74, 6) is 0.813. The van der Waals surface area contributed by atoms with Crippen LogP contribution in [0.2, 0.25) is 0 Å². The van der Waals surface area contributed by atoms with E-state index >= 15 is 0 Å². The predicted octanol–water partition coefficient (Wildman–Crippen LogP) is 3.39. The van der Waals surface area contributed by atoms with Crippen LogP contribution in [0.3, 0.4) is 0 Å². The van der Waals surface area contributed by atoms with Gasteiger partial charge in [-0.3, -0.25) is 0 Å². The molecule has 0 nitrogen and oxygen atoms in total. The average Bonchev–Trinajstić information content (AvgIpc) is 1.63. The molecular formula is C9H18. The van der Waals surface area contributed by atoms with E-state index in [1.165, 1.54) is 18.4 Å². The van der Waals surface area contributed by atoms with Crippen molar-refractivity contribution in [3.05, 3.63) is 11.6 Å². The highest BCUT2D eigenvalue weighted by Crippen LogP contribution is 2.09. The fourth-order valence-electron chi connectivity index (χ4n) is 1.08. The van der Waals surface area contributed by atoms with Gasteiger partial charge in [-0.15, -0.1) is 0 Å². The van der Waals surface area contributed by atoms with Crippen molar-refractivity contribution in [2.24, 2.45) is 5.92 Å². The van der Waals surface area contributed by atoms with E-state index in [-0.39, 0.29) is 0 Å². The van der Waals surface area contributed by atoms with Crippen LogP contribution >= 0.6 is 0 Å². The zero-order valence-corrected chi connectivity index (χ0v) is 7.07.